The lowest BCUT2D eigenvalue weighted by atomic mass is 9.83. The van der Waals surface area contributed by atoms with Gasteiger partial charge in [0.25, 0.3) is 0 Å². The predicted octanol–water partition coefficient (Wildman–Crippen LogP) is 1.70. The Morgan fingerprint density at radius 3 is 2.53 bits per heavy atom. The maximum absolute atomic E-state index is 5.94. The molecule has 0 bridgehead atoms. The summed E-state index contributed by atoms with van der Waals surface area (Å²) in [5.74, 6) is 7.21. The van der Waals surface area contributed by atoms with Crippen LogP contribution in [-0.2, 0) is 0 Å². The topological polar surface area (TPSA) is 56.5 Å². The van der Waals surface area contributed by atoms with Crippen molar-refractivity contribution in [3.05, 3.63) is 24.3 Å². The lowest BCUT2D eigenvalue weighted by Crippen LogP contribution is -2.56. The fourth-order valence-corrected chi connectivity index (χ4v) is 2.12. The summed E-state index contributed by atoms with van der Waals surface area (Å²) < 4.78 is 11.6. The number of fused-ring (bicyclic) bond motifs is 1. The summed E-state index contributed by atoms with van der Waals surface area (Å²) in [4.78, 5) is 0. The minimum Gasteiger partial charge on any atom is -0.486 e. The summed E-state index contributed by atoms with van der Waals surface area (Å²) in [6, 6.07) is 7.73. The lowest BCUT2D eigenvalue weighted by molar-refractivity contribution is 0.0273. The summed E-state index contributed by atoms with van der Waals surface area (Å²) in [5, 5.41) is 0. The van der Waals surface area contributed by atoms with Crippen molar-refractivity contribution in [3.63, 3.8) is 0 Å². The Balaban J connectivity index is 2.16. The Morgan fingerprint density at radius 2 is 1.94 bits per heavy atom. The highest BCUT2D eigenvalue weighted by Crippen LogP contribution is 2.34. The quantitative estimate of drug-likeness (QED) is 0.606. The van der Waals surface area contributed by atoms with Crippen LogP contribution >= 0.6 is 0 Å². The van der Waals surface area contributed by atoms with Crippen molar-refractivity contribution in [1.29, 1.82) is 0 Å². The van der Waals surface area contributed by atoms with Crippen LogP contribution in [0.1, 0.15) is 20.8 Å². The summed E-state index contributed by atoms with van der Waals surface area (Å²) >= 11 is 0. The maximum atomic E-state index is 5.94. The van der Waals surface area contributed by atoms with Crippen molar-refractivity contribution < 1.29 is 9.47 Å². The maximum Gasteiger partial charge on any atom is 0.161 e. The summed E-state index contributed by atoms with van der Waals surface area (Å²) in [6.07, 6.45) is -0.0742. The van der Waals surface area contributed by atoms with Crippen molar-refractivity contribution in [3.8, 4) is 11.5 Å². The van der Waals surface area contributed by atoms with Crippen LogP contribution in [0.3, 0.4) is 0 Å². The van der Waals surface area contributed by atoms with Crippen molar-refractivity contribution in [2.75, 3.05) is 6.61 Å². The molecule has 94 valence electrons. The smallest absolute Gasteiger partial charge is 0.161 e. The molecular formula is C13H20N2O2. The van der Waals surface area contributed by atoms with Crippen LogP contribution in [-0.4, -0.2) is 18.8 Å². The first-order valence-electron chi connectivity index (χ1n) is 5.87. The average Bonchev–Trinajstić information content (AvgIpc) is 2.28. The van der Waals surface area contributed by atoms with E-state index in [-0.39, 0.29) is 17.6 Å². The third-order valence-electron chi connectivity index (χ3n) is 3.01. The van der Waals surface area contributed by atoms with E-state index in [1.165, 1.54) is 0 Å². The van der Waals surface area contributed by atoms with Gasteiger partial charge in [0.15, 0.2) is 11.5 Å². The van der Waals surface area contributed by atoms with Gasteiger partial charge in [-0.2, -0.15) is 0 Å². The van der Waals surface area contributed by atoms with Crippen LogP contribution in [0.2, 0.25) is 0 Å². The van der Waals surface area contributed by atoms with E-state index >= 15 is 0 Å². The molecule has 2 unspecified atom stereocenters. The van der Waals surface area contributed by atoms with Gasteiger partial charge in [0.1, 0.15) is 12.7 Å². The number of rotatable bonds is 2. The molecule has 4 heteroatoms. The van der Waals surface area contributed by atoms with Crippen molar-refractivity contribution in [1.82, 2.24) is 5.43 Å². The zero-order valence-electron chi connectivity index (χ0n) is 10.6. The van der Waals surface area contributed by atoms with Gasteiger partial charge in [-0.25, -0.2) is 0 Å². The fourth-order valence-electron chi connectivity index (χ4n) is 2.12. The van der Waals surface area contributed by atoms with Gasteiger partial charge in [0.05, 0.1) is 6.04 Å². The van der Waals surface area contributed by atoms with Crippen LogP contribution in [0.15, 0.2) is 24.3 Å². The van der Waals surface area contributed by atoms with Crippen LogP contribution < -0.4 is 20.7 Å². The Morgan fingerprint density at radius 1 is 1.29 bits per heavy atom. The number of nitrogens with one attached hydrogen (secondary N) is 1. The molecule has 0 radical (unpaired) electrons. The van der Waals surface area contributed by atoms with Crippen molar-refractivity contribution >= 4 is 0 Å². The van der Waals surface area contributed by atoms with Crippen LogP contribution in [0, 0.1) is 5.41 Å². The molecule has 1 aromatic carbocycles. The van der Waals surface area contributed by atoms with E-state index in [1.54, 1.807) is 0 Å². The highest BCUT2D eigenvalue weighted by Gasteiger charge is 2.35. The van der Waals surface area contributed by atoms with Gasteiger partial charge in [0.2, 0.25) is 0 Å². The van der Waals surface area contributed by atoms with Gasteiger partial charge in [0, 0.05) is 0 Å². The summed E-state index contributed by atoms with van der Waals surface area (Å²) in [5.41, 5.74) is 2.85. The minimum atomic E-state index is -0.0742. The van der Waals surface area contributed by atoms with Gasteiger partial charge >= 0.3 is 0 Å². The number of hydrogen-bond acceptors (Lipinski definition) is 4. The lowest BCUT2D eigenvalue weighted by Gasteiger charge is -2.38. The molecule has 17 heavy (non-hydrogen) atoms. The molecule has 4 nitrogen and oxygen atoms in total. The molecule has 3 N–H and O–H groups in total. The highest BCUT2D eigenvalue weighted by molar-refractivity contribution is 5.40. The molecule has 1 aliphatic rings. The van der Waals surface area contributed by atoms with Crippen molar-refractivity contribution in [2.45, 2.75) is 32.9 Å². The second kappa shape index (κ2) is 4.55. The van der Waals surface area contributed by atoms with Gasteiger partial charge in [-0.3, -0.25) is 11.3 Å². The van der Waals surface area contributed by atoms with Gasteiger partial charge < -0.3 is 9.47 Å². The molecule has 2 atom stereocenters. The zero-order valence-corrected chi connectivity index (χ0v) is 10.6. The Hall–Kier alpha value is -1.26. The second-order valence-electron chi connectivity index (χ2n) is 5.42. The first-order valence-corrected chi connectivity index (χ1v) is 5.87. The minimum absolute atomic E-state index is 0.00899. The number of para-hydroxylation sites is 2. The third-order valence-corrected chi connectivity index (χ3v) is 3.01. The molecule has 0 fully saturated rings. The summed E-state index contributed by atoms with van der Waals surface area (Å²) in [7, 11) is 0. The number of hydrogen-bond donors (Lipinski definition) is 2. The Kier molecular flexibility index (Phi) is 3.26. The number of nitrogens with two attached hydrogens (primary N) is 1. The largest absolute Gasteiger partial charge is 0.486 e. The van der Waals surface area contributed by atoms with E-state index in [9.17, 15) is 0 Å². The highest BCUT2D eigenvalue weighted by atomic mass is 16.6. The first kappa shape index (κ1) is 12.2. The normalized spacial score (nSPS) is 21.1. The van der Waals surface area contributed by atoms with E-state index in [1.807, 2.05) is 24.3 Å². The number of ether oxygens (including phenoxy) is 2. The van der Waals surface area contributed by atoms with Gasteiger partial charge in [-0.15, -0.1) is 0 Å². The molecule has 1 aliphatic heterocycles. The van der Waals surface area contributed by atoms with Crippen LogP contribution in [0.25, 0.3) is 0 Å². The van der Waals surface area contributed by atoms with E-state index < -0.39 is 0 Å². The number of hydrazine groups is 1. The van der Waals surface area contributed by atoms with E-state index in [0.29, 0.717) is 6.61 Å². The fraction of sp³-hybridized carbons (Fsp3) is 0.538. The molecule has 1 aromatic rings. The SMILES string of the molecule is CC(C)(C)C(NN)C1COc2ccccc2O1. The number of benzene rings is 1. The third kappa shape index (κ3) is 2.53. The molecule has 0 saturated carbocycles. The molecular weight excluding hydrogens is 216 g/mol. The van der Waals surface area contributed by atoms with Crippen LogP contribution in [0.5, 0.6) is 11.5 Å². The Bertz CT molecular complexity index is 387. The molecule has 0 spiro atoms. The van der Waals surface area contributed by atoms with Gasteiger partial charge in [-0.1, -0.05) is 32.9 Å². The predicted molar refractivity (Wildman–Crippen MR) is 66.9 cm³/mol. The molecule has 1 heterocycles. The molecule has 0 amide bonds. The van der Waals surface area contributed by atoms with Crippen LogP contribution in [0.4, 0.5) is 0 Å². The average molecular weight is 236 g/mol. The van der Waals surface area contributed by atoms with Gasteiger partial charge in [-0.05, 0) is 17.5 Å². The van der Waals surface area contributed by atoms with E-state index in [4.69, 9.17) is 15.3 Å². The monoisotopic (exact) mass is 236 g/mol. The Labute approximate surface area is 102 Å². The molecule has 0 aliphatic carbocycles. The van der Waals surface area contributed by atoms with Crippen molar-refractivity contribution in [2.24, 2.45) is 11.3 Å². The molecule has 2 rings (SSSR count). The summed E-state index contributed by atoms with van der Waals surface area (Å²) in [6.45, 7) is 6.90. The standard InChI is InChI=1S/C13H20N2O2/c1-13(2,3)12(15-14)11-8-16-9-6-4-5-7-10(9)17-11/h4-7,11-12,15H,8,14H2,1-3H3. The molecule has 0 aromatic heterocycles. The second-order valence-corrected chi connectivity index (χ2v) is 5.42. The first-order chi connectivity index (χ1) is 8.02. The molecule has 0 saturated heterocycles. The van der Waals surface area contributed by atoms with E-state index in [0.717, 1.165) is 11.5 Å². The zero-order chi connectivity index (χ0) is 12.5. The van der Waals surface area contributed by atoms with E-state index in [2.05, 4.69) is 26.2 Å².